The van der Waals surface area contributed by atoms with Gasteiger partial charge in [0.25, 0.3) is 5.91 Å². The number of hydrogen-bond donors (Lipinski definition) is 2. The molecule has 2 rings (SSSR count). The van der Waals surface area contributed by atoms with Crippen LogP contribution in [-0.2, 0) is 11.3 Å². The molecule has 2 aromatic carbocycles. The lowest BCUT2D eigenvalue weighted by Crippen LogP contribution is -2.36. The lowest BCUT2D eigenvalue weighted by molar-refractivity contribution is -0.120. The van der Waals surface area contributed by atoms with Crippen LogP contribution in [0.4, 0.5) is 4.39 Å². The first-order valence-corrected chi connectivity index (χ1v) is 7.60. The maximum absolute atomic E-state index is 12.8. The highest BCUT2D eigenvalue weighted by Crippen LogP contribution is 2.11. The van der Waals surface area contributed by atoms with Gasteiger partial charge in [-0.2, -0.15) is 0 Å². The Balaban J connectivity index is 1.76. The molecule has 2 N–H and O–H groups in total. The van der Waals surface area contributed by atoms with Gasteiger partial charge in [0.2, 0.25) is 5.91 Å². The van der Waals surface area contributed by atoms with Crippen molar-refractivity contribution in [3.8, 4) is 5.75 Å². The summed E-state index contributed by atoms with van der Waals surface area (Å²) in [6.45, 7) is 2.58. The molecule has 126 valence electrons. The van der Waals surface area contributed by atoms with E-state index in [0.717, 1.165) is 5.56 Å². The summed E-state index contributed by atoms with van der Waals surface area (Å²) in [4.78, 5) is 23.7. The Morgan fingerprint density at radius 1 is 1.00 bits per heavy atom. The minimum absolute atomic E-state index is 0.132. The first-order valence-electron chi connectivity index (χ1n) is 7.60. The number of hydrogen-bond acceptors (Lipinski definition) is 3. The largest absolute Gasteiger partial charge is 0.494 e. The van der Waals surface area contributed by atoms with Gasteiger partial charge in [0.15, 0.2) is 0 Å². The molecule has 0 atom stereocenters. The fourth-order valence-corrected chi connectivity index (χ4v) is 2.00. The molecular formula is C18H19FN2O3. The molecule has 0 saturated carbocycles. The Bertz CT molecular complexity index is 684. The maximum atomic E-state index is 12.8. The van der Waals surface area contributed by atoms with Crippen LogP contribution in [0.5, 0.6) is 5.75 Å². The lowest BCUT2D eigenvalue weighted by atomic mass is 10.2. The molecule has 0 aliphatic rings. The van der Waals surface area contributed by atoms with Crippen molar-refractivity contribution in [3.63, 3.8) is 0 Å². The van der Waals surface area contributed by atoms with Crippen molar-refractivity contribution in [2.45, 2.75) is 13.5 Å². The van der Waals surface area contributed by atoms with Crippen LogP contribution in [0, 0.1) is 5.82 Å². The van der Waals surface area contributed by atoms with Gasteiger partial charge in [0.1, 0.15) is 11.6 Å². The van der Waals surface area contributed by atoms with Crippen LogP contribution in [0.15, 0.2) is 48.5 Å². The smallest absolute Gasteiger partial charge is 0.251 e. The molecule has 2 amide bonds. The van der Waals surface area contributed by atoms with E-state index in [1.54, 1.807) is 36.4 Å². The van der Waals surface area contributed by atoms with Gasteiger partial charge in [-0.3, -0.25) is 9.59 Å². The molecule has 6 heteroatoms. The van der Waals surface area contributed by atoms with Crippen molar-refractivity contribution in [1.29, 1.82) is 0 Å². The van der Waals surface area contributed by atoms with E-state index in [9.17, 15) is 14.0 Å². The summed E-state index contributed by atoms with van der Waals surface area (Å²) in [7, 11) is 0. The van der Waals surface area contributed by atoms with Crippen molar-refractivity contribution < 1.29 is 18.7 Å². The highest BCUT2D eigenvalue weighted by atomic mass is 19.1. The highest BCUT2D eigenvalue weighted by molar-refractivity contribution is 5.96. The SMILES string of the molecule is CCOc1ccc(C(=O)NCC(=O)NCc2ccc(F)cc2)cc1. The fraction of sp³-hybridized carbons (Fsp3) is 0.222. The minimum atomic E-state index is -0.338. The molecule has 0 aliphatic carbocycles. The second-order valence-corrected chi connectivity index (χ2v) is 5.04. The predicted octanol–water partition coefficient (Wildman–Crippen LogP) is 2.27. The standard InChI is InChI=1S/C18H19FN2O3/c1-2-24-16-9-5-14(6-10-16)18(23)21-12-17(22)20-11-13-3-7-15(19)8-4-13/h3-10H,2,11-12H2,1H3,(H,20,22)(H,21,23). The summed E-state index contributed by atoms with van der Waals surface area (Å²) in [6.07, 6.45) is 0. The van der Waals surface area contributed by atoms with Crippen molar-refractivity contribution >= 4 is 11.8 Å². The number of benzene rings is 2. The van der Waals surface area contributed by atoms with Crippen LogP contribution in [0.3, 0.4) is 0 Å². The molecule has 0 heterocycles. The number of carbonyl (C=O) groups excluding carboxylic acids is 2. The fourth-order valence-electron chi connectivity index (χ4n) is 2.00. The molecular weight excluding hydrogens is 311 g/mol. The first kappa shape index (κ1) is 17.5. The molecule has 0 unspecified atom stereocenters. The molecule has 0 radical (unpaired) electrons. The molecule has 0 aliphatic heterocycles. The van der Waals surface area contributed by atoms with E-state index >= 15 is 0 Å². The predicted molar refractivity (Wildman–Crippen MR) is 88.2 cm³/mol. The summed E-state index contributed by atoms with van der Waals surface area (Å²) in [5.41, 5.74) is 1.23. The van der Waals surface area contributed by atoms with E-state index in [1.165, 1.54) is 12.1 Å². The zero-order chi connectivity index (χ0) is 17.4. The number of carbonyl (C=O) groups is 2. The van der Waals surface area contributed by atoms with Gasteiger partial charge < -0.3 is 15.4 Å². The summed E-state index contributed by atoms with van der Waals surface area (Å²) < 4.78 is 18.1. The Morgan fingerprint density at radius 2 is 1.67 bits per heavy atom. The van der Waals surface area contributed by atoms with Crippen LogP contribution in [0.25, 0.3) is 0 Å². The van der Waals surface area contributed by atoms with E-state index in [-0.39, 0.29) is 30.7 Å². The number of amides is 2. The van der Waals surface area contributed by atoms with Crippen molar-refractivity contribution in [2.75, 3.05) is 13.2 Å². The Kier molecular flexibility index (Phi) is 6.31. The first-order chi connectivity index (χ1) is 11.6. The van der Waals surface area contributed by atoms with Crippen LogP contribution in [0.1, 0.15) is 22.8 Å². The monoisotopic (exact) mass is 330 g/mol. The molecule has 0 bridgehead atoms. The van der Waals surface area contributed by atoms with Gasteiger partial charge >= 0.3 is 0 Å². The third kappa shape index (κ3) is 5.39. The lowest BCUT2D eigenvalue weighted by Gasteiger charge is -2.08. The molecule has 0 saturated heterocycles. The summed E-state index contributed by atoms with van der Waals surface area (Å²) >= 11 is 0. The van der Waals surface area contributed by atoms with Crippen molar-refractivity contribution in [2.24, 2.45) is 0 Å². The Hall–Kier alpha value is -2.89. The topological polar surface area (TPSA) is 67.4 Å². The zero-order valence-corrected chi connectivity index (χ0v) is 13.3. The number of ether oxygens (including phenoxy) is 1. The Morgan fingerprint density at radius 3 is 2.29 bits per heavy atom. The molecule has 2 aromatic rings. The quantitative estimate of drug-likeness (QED) is 0.818. The number of halogens is 1. The molecule has 0 spiro atoms. The molecule has 24 heavy (non-hydrogen) atoms. The summed E-state index contributed by atoms with van der Waals surface area (Å²) in [6, 6.07) is 12.5. The van der Waals surface area contributed by atoms with Crippen LogP contribution >= 0.6 is 0 Å². The van der Waals surface area contributed by atoms with E-state index in [2.05, 4.69) is 10.6 Å². The number of nitrogens with one attached hydrogen (secondary N) is 2. The Labute approximate surface area is 139 Å². The van der Waals surface area contributed by atoms with Gasteiger partial charge in [-0.25, -0.2) is 4.39 Å². The summed E-state index contributed by atoms with van der Waals surface area (Å²) in [5.74, 6) is -0.299. The van der Waals surface area contributed by atoms with Crippen LogP contribution in [0.2, 0.25) is 0 Å². The average molecular weight is 330 g/mol. The second-order valence-electron chi connectivity index (χ2n) is 5.04. The minimum Gasteiger partial charge on any atom is -0.494 e. The van der Waals surface area contributed by atoms with Crippen molar-refractivity contribution in [3.05, 3.63) is 65.5 Å². The highest BCUT2D eigenvalue weighted by Gasteiger charge is 2.08. The third-order valence-electron chi connectivity index (χ3n) is 3.24. The zero-order valence-electron chi connectivity index (χ0n) is 13.3. The van der Waals surface area contributed by atoms with E-state index in [1.807, 2.05) is 6.92 Å². The average Bonchev–Trinajstić information content (AvgIpc) is 2.60. The maximum Gasteiger partial charge on any atom is 0.251 e. The van der Waals surface area contributed by atoms with Crippen LogP contribution < -0.4 is 15.4 Å². The van der Waals surface area contributed by atoms with Crippen molar-refractivity contribution in [1.82, 2.24) is 10.6 Å². The van der Waals surface area contributed by atoms with E-state index < -0.39 is 0 Å². The van der Waals surface area contributed by atoms with Gasteiger partial charge in [0.05, 0.1) is 13.2 Å². The van der Waals surface area contributed by atoms with Gasteiger partial charge in [-0.05, 0) is 48.9 Å². The van der Waals surface area contributed by atoms with E-state index in [0.29, 0.717) is 17.9 Å². The van der Waals surface area contributed by atoms with Crippen LogP contribution in [-0.4, -0.2) is 25.0 Å². The summed E-state index contributed by atoms with van der Waals surface area (Å²) in [5, 5.41) is 5.20. The normalized spacial score (nSPS) is 10.1. The molecule has 0 aromatic heterocycles. The molecule has 0 fully saturated rings. The van der Waals surface area contributed by atoms with Gasteiger partial charge in [-0.1, -0.05) is 12.1 Å². The third-order valence-corrected chi connectivity index (χ3v) is 3.24. The van der Waals surface area contributed by atoms with Gasteiger partial charge in [0, 0.05) is 12.1 Å². The number of rotatable bonds is 7. The van der Waals surface area contributed by atoms with Gasteiger partial charge in [-0.15, -0.1) is 0 Å². The van der Waals surface area contributed by atoms with E-state index in [4.69, 9.17) is 4.74 Å². The molecule has 5 nitrogen and oxygen atoms in total. The second kappa shape index (κ2) is 8.67.